The second kappa shape index (κ2) is 10.1. The molecule has 0 bridgehead atoms. The van der Waals surface area contributed by atoms with Crippen molar-refractivity contribution >= 4 is 29.5 Å². The summed E-state index contributed by atoms with van der Waals surface area (Å²) in [6.45, 7) is 5.49. The SMILES string of the molecule is CSCC[C@@H](NC(=O)[C@@H](NC(=O)c1cccc(C)c1)C(C)C)C(=O)O. The number of thioether (sulfide) groups is 1. The van der Waals surface area contributed by atoms with Gasteiger partial charge in [0, 0.05) is 5.56 Å². The summed E-state index contributed by atoms with van der Waals surface area (Å²) in [7, 11) is 0. The Labute approximate surface area is 152 Å². The summed E-state index contributed by atoms with van der Waals surface area (Å²) in [4.78, 5) is 36.2. The van der Waals surface area contributed by atoms with E-state index in [1.54, 1.807) is 32.0 Å². The van der Waals surface area contributed by atoms with Gasteiger partial charge in [-0.15, -0.1) is 0 Å². The fourth-order valence-corrected chi connectivity index (χ4v) is 2.77. The number of carbonyl (C=O) groups excluding carboxylic acids is 2. The second-order valence-electron chi connectivity index (χ2n) is 6.25. The first-order chi connectivity index (χ1) is 11.8. The molecule has 0 spiro atoms. The normalized spacial score (nSPS) is 13.2. The third kappa shape index (κ3) is 6.78. The van der Waals surface area contributed by atoms with E-state index in [0.717, 1.165) is 5.56 Å². The van der Waals surface area contributed by atoms with Gasteiger partial charge in [-0.1, -0.05) is 31.5 Å². The first kappa shape index (κ1) is 21.0. The maximum absolute atomic E-state index is 12.5. The van der Waals surface area contributed by atoms with Gasteiger partial charge in [0.1, 0.15) is 12.1 Å². The molecule has 2 amide bonds. The van der Waals surface area contributed by atoms with Crippen molar-refractivity contribution in [3.63, 3.8) is 0 Å². The molecule has 1 aromatic carbocycles. The van der Waals surface area contributed by atoms with Crippen LogP contribution in [0.4, 0.5) is 0 Å². The third-order valence-corrected chi connectivity index (χ3v) is 4.39. The minimum absolute atomic E-state index is 0.177. The smallest absolute Gasteiger partial charge is 0.326 e. The van der Waals surface area contributed by atoms with E-state index >= 15 is 0 Å². The molecule has 0 unspecified atom stereocenters. The molecule has 0 saturated heterocycles. The Morgan fingerprint density at radius 3 is 2.40 bits per heavy atom. The van der Waals surface area contributed by atoms with Gasteiger partial charge in [0.15, 0.2) is 0 Å². The molecular weight excluding hydrogens is 340 g/mol. The Kier molecular flexibility index (Phi) is 8.48. The quantitative estimate of drug-likeness (QED) is 0.622. The Balaban J connectivity index is 2.82. The number of carboxylic acids is 1. The van der Waals surface area contributed by atoms with E-state index < -0.39 is 24.0 Å². The average molecular weight is 366 g/mol. The van der Waals surface area contributed by atoms with Crippen LogP contribution in [0.2, 0.25) is 0 Å². The standard InChI is InChI=1S/C18H26N2O4S/c1-11(2)15(17(22)19-14(18(23)24)8-9-25-4)20-16(21)13-7-5-6-12(3)10-13/h5-7,10-11,14-15H,8-9H2,1-4H3,(H,19,22)(H,20,21)(H,23,24)/t14-,15+/m1/s1. The zero-order valence-electron chi connectivity index (χ0n) is 15.0. The molecule has 0 fully saturated rings. The lowest BCUT2D eigenvalue weighted by molar-refractivity contribution is -0.142. The summed E-state index contributed by atoms with van der Waals surface area (Å²) in [6.07, 6.45) is 2.21. The average Bonchev–Trinajstić information content (AvgIpc) is 2.55. The highest BCUT2D eigenvalue weighted by molar-refractivity contribution is 7.98. The van der Waals surface area contributed by atoms with Crippen LogP contribution >= 0.6 is 11.8 Å². The van der Waals surface area contributed by atoms with Crippen LogP contribution in [0.3, 0.4) is 0 Å². The first-order valence-corrected chi connectivity index (χ1v) is 9.55. The Hall–Kier alpha value is -2.02. The summed E-state index contributed by atoms with van der Waals surface area (Å²) < 4.78 is 0. The monoisotopic (exact) mass is 366 g/mol. The molecule has 0 radical (unpaired) electrons. The van der Waals surface area contributed by atoms with Crippen molar-refractivity contribution < 1.29 is 19.5 Å². The third-order valence-electron chi connectivity index (χ3n) is 3.74. The van der Waals surface area contributed by atoms with E-state index in [0.29, 0.717) is 17.7 Å². The van der Waals surface area contributed by atoms with Gasteiger partial charge in [-0.05, 0) is 43.4 Å². The summed E-state index contributed by atoms with van der Waals surface area (Å²) in [5.41, 5.74) is 1.41. The molecule has 0 aliphatic heterocycles. The van der Waals surface area contributed by atoms with Crippen molar-refractivity contribution in [1.29, 1.82) is 0 Å². The van der Waals surface area contributed by atoms with Crippen LogP contribution in [0.25, 0.3) is 0 Å². The van der Waals surface area contributed by atoms with E-state index in [2.05, 4.69) is 10.6 Å². The lowest BCUT2D eigenvalue weighted by Crippen LogP contribution is -2.53. The number of hydrogen-bond acceptors (Lipinski definition) is 4. The highest BCUT2D eigenvalue weighted by Gasteiger charge is 2.28. The van der Waals surface area contributed by atoms with Crippen LogP contribution in [0.5, 0.6) is 0 Å². The lowest BCUT2D eigenvalue weighted by Gasteiger charge is -2.24. The van der Waals surface area contributed by atoms with Crippen molar-refractivity contribution in [2.45, 2.75) is 39.3 Å². The van der Waals surface area contributed by atoms with Gasteiger partial charge < -0.3 is 15.7 Å². The molecule has 0 aromatic heterocycles. The number of nitrogens with one attached hydrogen (secondary N) is 2. The molecule has 25 heavy (non-hydrogen) atoms. The molecule has 0 heterocycles. The highest BCUT2D eigenvalue weighted by atomic mass is 32.2. The zero-order chi connectivity index (χ0) is 19.0. The van der Waals surface area contributed by atoms with Crippen LogP contribution in [0.1, 0.15) is 36.2 Å². The van der Waals surface area contributed by atoms with Crippen molar-refractivity contribution in [3.05, 3.63) is 35.4 Å². The van der Waals surface area contributed by atoms with Crippen LogP contribution in [0.15, 0.2) is 24.3 Å². The molecule has 7 heteroatoms. The number of amides is 2. The maximum atomic E-state index is 12.5. The Morgan fingerprint density at radius 2 is 1.88 bits per heavy atom. The van der Waals surface area contributed by atoms with E-state index in [1.807, 2.05) is 19.2 Å². The number of carboxylic acid groups (broad SMARTS) is 1. The van der Waals surface area contributed by atoms with E-state index in [4.69, 9.17) is 0 Å². The fourth-order valence-electron chi connectivity index (χ4n) is 2.30. The van der Waals surface area contributed by atoms with Crippen molar-refractivity contribution in [2.24, 2.45) is 5.92 Å². The Morgan fingerprint density at radius 1 is 1.20 bits per heavy atom. The van der Waals surface area contributed by atoms with E-state index in [9.17, 15) is 19.5 Å². The van der Waals surface area contributed by atoms with Gasteiger partial charge in [-0.2, -0.15) is 11.8 Å². The number of aryl methyl sites for hydroxylation is 1. The summed E-state index contributed by atoms with van der Waals surface area (Å²) >= 11 is 1.51. The van der Waals surface area contributed by atoms with Gasteiger partial charge in [0.05, 0.1) is 0 Å². The zero-order valence-corrected chi connectivity index (χ0v) is 15.9. The number of aliphatic carboxylic acids is 1. The van der Waals surface area contributed by atoms with Gasteiger partial charge in [-0.25, -0.2) is 4.79 Å². The molecule has 138 valence electrons. The lowest BCUT2D eigenvalue weighted by atomic mass is 10.0. The topological polar surface area (TPSA) is 95.5 Å². The summed E-state index contributed by atoms with van der Waals surface area (Å²) in [6, 6.07) is 5.31. The molecule has 3 N–H and O–H groups in total. The Bertz CT molecular complexity index is 619. The number of hydrogen-bond donors (Lipinski definition) is 3. The van der Waals surface area contributed by atoms with Gasteiger partial charge in [0.25, 0.3) is 5.91 Å². The van der Waals surface area contributed by atoms with Gasteiger partial charge in [-0.3, -0.25) is 9.59 Å². The molecular formula is C18H26N2O4S. The van der Waals surface area contributed by atoms with Gasteiger partial charge >= 0.3 is 5.97 Å². The largest absolute Gasteiger partial charge is 0.480 e. The molecule has 0 aliphatic carbocycles. The van der Waals surface area contributed by atoms with E-state index in [-0.39, 0.29) is 11.8 Å². The van der Waals surface area contributed by atoms with E-state index in [1.165, 1.54) is 11.8 Å². The molecule has 0 aliphatic rings. The first-order valence-electron chi connectivity index (χ1n) is 8.16. The number of rotatable bonds is 9. The second-order valence-corrected chi connectivity index (χ2v) is 7.23. The van der Waals surface area contributed by atoms with Crippen LogP contribution in [-0.4, -0.2) is 47.0 Å². The van der Waals surface area contributed by atoms with Crippen LogP contribution in [0, 0.1) is 12.8 Å². The van der Waals surface area contributed by atoms with Crippen molar-refractivity contribution in [1.82, 2.24) is 10.6 Å². The van der Waals surface area contributed by atoms with Crippen molar-refractivity contribution in [2.75, 3.05) is 12.0 Å². The fraction of sp³-hybridized carbons (Fsp3) is 0.500. The number of carbonyl (C=O) groups is 3. The van der Waals surface area contributed by atoms with Crippen molar-refractivity contribution in [3.8, 4) is 0 Å². The molecule has 1 rings (SSSR count). The van der Waals surface area contributed by atoms with Crippen LogP contribution < -0.4 is 10.6 Å². The van der Waals surface area contributed by atoms with Crippen LogP contribution in [-0.2, 0) is 9.59 Å². The molecule has 0 saturated carbocycles. The minimum atomic E-state index is -1.07. The summed E-state index contributed by atoms with van der Waals surface area (Å²) in [5.74, 6) is -1.46. The molecule has 2 atom stereocenters. The predicted octanol–water partition coefficient (Wildman–Crippen LogP) is 2.07. The predicted molar refractivity (Wildman–Crippen MR) is 99.8 cm³/mol. The number of benzene rings is 1. The van der Waals surface area contributed by atoms with Gasteiger partial charge in [0.2, 0.25) is 5.91 Å². The summed E-state index contributed by atoms with van der Waals surface area (Å²) in [5, 5.41) is 14.5. The minimum Gasteiger partial charge on any atom is -0.480 e. The maximum Gasteiger partial charge on any atom is 0.326 e. The molecule has 6 nitrogen and oxygen atoms in total. The highest BCUT2D eigenvalue weighted by Crippen LogP contribution is 2.09. The molecule has 1 aromatic rings.